The first-order valence-corrected chi connectivity index (χ1v) is 6.69. The third kappa shape index (κ3) is 3.08. The van der Waals surface area contributed by atoms with Gasteiger partial charge >= 0.3 is 0 Å². The number of anilines is 1. The number of hydrogen-bond donors (Lipinski definition) is 1. The van der Waals surface area contributed by atoms with E-state index in [0.717, 1.165) is 11.3 Å². The molecule has 0 saturated carbocycles. The zero-order valence-electron chi connectivity index (χ0n) is 11.5. The molecule has 0 aliphatic carbocycles. The van der Waals surface area contributed by atoms with E-state index in [1.807, 2.05) is 30.3 Å². The Bertz CT molecular complexity index is 725. The van der Waals surface area contributed by atoms with E-state index in [9.17, 15) is 8.78 Å². The predicted molar refractivity (Wildman–Crippen MR) is 77.9 cm³/mol. The molecule has 0 spiro atoms. The summed E-state index contributed by atoms with van der Waals surface area (Å²) in [5.74, 6) is 0.490. The van der Waals surface area contributed by atoms with Crippen molar-refractivity contribution in [1.82, 2.24) is 20.2 Å². The average Bonchev–Trinajstić information content (AvgIpc) is 3.02. The lowest BCUT2D eigenvalue weighted by molar-refractivity contribution is 0.151. The van der Waals surface area contributed by atoms with Gasteiger partial charge in [-0.3, -0.25) is 0 Å². The summed E-state index contributed by atoms with van der Waals surface area (Å²) in [5, 5.41) is 14.6. The Labute approximate surface area is 125 Å². The van der Waals surface area contributed by atoms with E-state index < -0.39 is 6.43 Å². The molecule has 112 valence electrons. The van der Waals surface area contributed by atoms with E-state index in [0.29, 0.717) is 12.5 Å². The SMILES string of the molecule is FC(F)c1ccc(CNc2nnnn2-c2ccccc2)cc1. The highest BCUT2D eigenvalue weighted by molar-refractivity contribution is 5.39. The quantitative estimate of drug-likeness (QED) is 0.786. The molecule has 3 rings (SSSR count). The van der Waals surface area contributed by atoms with Crippen molar-refractivity contribution >= 4 is 5.95 Å². The molecule has 1 N–H and O–H groups in total. The van der Waals surface area contributed by atoms with Gasteiger partial charge in [0.1, 0.15) is 0 Å². The van der Waals surface area contributed by atoms with Crippen LogP contribution in [0.2, 0.25) is 0 Å². The van der Waals surface area contributed by atoms with Gasteiger partial charge in [0.05, 0.1) is 5.69 Å². The number of hydrogen-bond acceptors (Lipinski definition) is 4. The fraction of sp³-hybridized carbons (Fsp3) is 0.133. The first kappa shape index (κ1) is 14.1. The highest BCUT2D eigenvalue weighted by Crippen LogP contribution is 2.19. The van der Waals surface area contributed by atoms with Crippen molar-refractivity contribution < 1.29 is 8.78 Å². The molecule has 0 atom stereocenters. The zero-order valence-corrected chi connectivity index (χ0v) is 11.5. The van der Waals surface area contributed by atoms with E-state index >= 15 is 0 Å². The van der Waals surface area contributed by atoms with Gasteiger partial charge in [0.2, 0.25) is 5.95 Å². The van der Waals surface area contributed by atoms with Crippen LogP contribution in [-0.4, -0.2) is 20.2 Å². The Morgan fingerprint density at radius 1 is 1.00 bits per heavy atom. The van der Waals surface area contributed by atoms with Crippen molar-refractivity contribution in [3.05, 3.63) is 65.7 Å². The second-order valence-corrected chi connectivity index (χ2v) is 4.65. The Balaban J connectivity index is 1.71. The second-order valence-electron chi connectivity index (χ2n) is 4.65. The number of alkyl halides is 2. The van der Waals surface area contributed by atoms with Crippen LogP contribution < -0.4 is 5.32 Å². The van der Waals surface area contributed by atoms with Crippen LogP contribution in [-0.2, 0) is 6.54 Å². The lowest BCUT2D eigenvalue weighted by atomic mass is 10.1. The van der Waals surface area contributed by atoms with Gasteiger partial charge in [-0.2, -0.15) is 4.68 Å². The molecule has 0 saturated heterocycles. The Morgan fingerprint density at radius 2 is 1.73 bits per heavy atom. The molecule has 3 aromatic rings. The van der Waals surface area contributed by atoms with Crippen LogP contribution in [0.3, 0.4) is 0 Å². The first-order chi connectivity index (χ1) is 10.7. The van der Waals surface area contributed by atoms with Crippen LogP contribution >= 0.6 is 0 Å². The second kappa shape index (κ2) is 6.30. The molecule has 0 aliphatic rings. The topological polar surface area (TPSA) is 55.6 Å². The van der Waals surface area contributed by atoms with Gasteiger partial charge in [-0.25, -0.2) is 8.78 Å². The van der Waals surface area contributed by atoms with Crippen LogP contribution in [0.15, 0.2) is 54.6 Å². The number of halogens is 2. The van der Waals surface area contributed by atoms with E-state index in [4.69, 9.17) is 0 Å². The molecule has 0 radical (unpaired) electrons. The summed E-state index contributed by atoms with van der Waals surface area (Å²) in [4.78, 5) is 0. The lowest BCUT2D eigenvalue weighted by Crippen LogP contribution is -2.07. The van der Waals surface area contributed by atoms with Crippen molar-refractivity contribution in [2.24, 2.45) is 0 Å². The summed E-state index contributed by atoms with van der Waals surface area (Å²) in [7, 11) is 0. The molecule has 0 unspecified atom stereocenters. The van der Waals surface area contributed by atoms with Crippen LogP contribution in [0, 0.1) is 0 Å². The van der Waals surface area contributed by atoms with E-state index in [-0.39, 0.29) is 5.56 Å². The van der Waals surface area contributed by atoms with Crippen LogP contribution in [0.4, 0.5) is 14.7 Å². The lowest BCUT2D eigenvalue weighted by Gasteiger charge is -2.07. The Morgan fingerprint density at radius 3 is 2.41 bits per heavy atom. The Hall–Kier alpha value is -2.83. The molecule has 0 amide bonds. The van der Waals surface area contributed by atoms with Gasteiger partial charge in [0, 0.05) is 12.1 Å². The average molecular weight is 301 g/mol. The molecule has 5 nitrogen and oxygen atoms in total. The number of benzene rings is 2. The fourth-order valence-electron chi connectivity index (χ4n) is 2.00. The standard InChI is InChI=1S/C15H13F2N5/c16-14(17)12-8-6-11(7-9-12)10-18-15-19-20-21-22(15)13-4-2-1-3-5-13/h1-9,14H,10H2,(H,18,19,21). The Kier molecular flexibility index (Phi) is 4.04. The number of nitrogens with one attached hydrogen (secondary N) is 1. The first-order valence-electron chi connectivity index (χ1n) is 6.69. The maximum absolute atomic E-state index is 12.5. The maximum Gasteiger partial charge on any atom is 0.263 e. The highest BCUT2D eigenvalue weighted by atomic mass is 19.3. The van der Waals surface area contributed by atoms with Crippen molar-refractivity contribution in [2.45, 2.75) is 13.0 Å². The molecule has 0 bridgehead atoms. The van der Waals surface area contributed by atoms with Crippen molar-refractivity contribution in [3.63, 3.8) is 0 Å². The summed E-state index contributed by atoms with van der Waals surface area (Å²) < 4.78 is 26.6. The molecule has 0 aliphatic heterocycles. The molecular weight excluding hydrogens is 288 g/mol. The smallest absolute Gasteiger partial charge is 0.263 e. The molecule has 2 aromatic carbocycles. The molecule has 1 aromatic heterocycles. The highest BCUT2D eigenvalue weighted by Gasteiger charge is 2.08. The minimum Gasteiger partial charge on any atom is -0.349 e. The number of tetrazole rings is 1. The molecule has 0 fully saturated rings. The maximum atomic E-state index is 12.5. The van der Waals surface area contributed by atoms with E-state index in [1.165, 1.54) is 12.1 Å². The van der Waals surface area contributed by atoms with E-state index in [1.54, 1.807) is 16.8 Å². The summed E-state index contributed by atoms with van der Waals surface area (Å²) in [6, 6.07) is 15.6. The largest absolute Gasteiger partial charge is 0.349 e. The van der Waals surface area contributed by atoms with Gasteiger partial charge in [0.15, 0.2) is 0 Å². The van der Waals surface area contributed by atoms with Crippen LogP contribution in [0.5, 0.6) is 0 Å². The third-order valence-electron chi connectivity index (χ3n) is 3.15. The molecule has 22 heavy (non-hydrogen) atoms. The van der Waals surface area contributed by atoms with Gasteiger partial charge in [0.25, 0.3) is 6.43 Å². The summed E-state index contributed by atoms with van der Waals surface area (Å²) in [5.41, 5.74) is 1.72. The predicted octanol–water partition coefficient (Wildman–Crippen LogP) is 3.21. The number of aromatic nitrogens is 4. The minimum absolute atomic E-state index is 0.0119. The van der Waals surface area contributed by atoms with Gasteiger partial charge < -0.3 is 5.32 Å². The van der Waals surface area contributed by atoms with E-state index in [2.05, 4.69) is 20.8 Å². The monoisotopic (exact) mass is 301 g/mol. The summed E-state index contributed by atoms with van der Waals surface area (Å²) in [6.07, 6.45) is -2.45. The summed E-state index contributed by atoms with van der Waals surface area (Å²) in [6.45, 7) is 0.441. The van der Waals surface area contributed by atoms with Crippen LogP contribution in [0.25, 0.3) is 5.69 Å². The third-order valence-corrected chi connectivity index (χ3v) is 3.15. The number of para-hydroxylation sites is 1. The molecular formula is C15H13F2N5. The molecule has 7 heteroatoms. The van der Waals surface area contributed by atoms with Crippen molar-refractivity contribution in [2.75, 3.05) is 5.32 Å². The van der Waals surface area contributed by atoms with Crippen LogP contribution in [0.1, 0.15) is 17.6 Å². The van der Waals surface area contributed by atoms with Crippen molar-refractivity contribution in [1.29, 1.82) is 0 Å². The number of rotatable bonds is 5. The van der Waals surface area contributed by atoms with Gasteiger partial charge in [-0.1, -0.05) is 47.6 Å². The fourth-order valence-corrected chi connectivity index (χ4v) is 2.00. The zero-order chi connectivity index (χ0) is 15.4. The van der Waals surface area contributed by atoms with Gasteiger partial charge in [-0.15, -0.1) is 0 Å². The minimum atomic E-state index is -2.45. The molecule has 1 heterocycles. The normalized spacial score (nSPS) is 10.9. The van der Waals surface area contributed by atoms with Crippen molar-refractivity contribution in [3.8, 4) is 5.69 Å². The number of nitrogens with zero attached hydrogens (tertiary/aromatic N) is 4. The summed E-state index contributed by atoms with van der Waals surface area (Å²) >= 11 is 0. The van der Waals surface area contributed by atoms with Gasteiger partial charge in [-0.05, 0) is 28.1 Å².